The molecule has 0 spiro atoms. The maximum Gasteiger partial charge on any atom is 0.319 e. The predicted octanol–water partition coefficient (Wildman–Crippen LogP) is 4.07. The smallest absolute Gasteiger partial charge is 0.319 e. The number of benzene rings is 3. The van der Waals surface area contributed by atoms with Gasteiger partial charge in [0.2, 0.25) is 5.91 Å². The standard InChI is InChI=1S/C28H34N4O5S/c1-20-10-16-24(17-11-20)38(35,36)32-23-14-12-22(13-15-23)30-27(34)31-25(18-21-8-6-5-7-9-21)26(33)29-19-28(2,3)37-4/h5-17,25,32H,18-19H2,1-4H3,(H,29,33)(H2,30,31,34)/t25-/m1/s1. The fourth-order valence-electron chi connectivity index (χ4n) is 3.43. The first-order valence-corrected chi connectivity index (χ1v) is 13.6. The number of hydrogen-bond acceptors (Lipinski definition) is 5. The van der Waals surface area contributed by atoms with Gasteiger partial charge in [0.05, 0.1) is 10.5 Å². The van der Waals surface area contributed by atoms with Gasteiger partial charge >= 0.3 is 6.03 Å². The van der Waals surface area contributed by atoms with E-state index in [4.69, 9.17) is 4.74 Å². The van der Waals surface area contributed by atoms with Crippen molar-refractivity contribution in [3.05, 3.63) is 90.0 Å². The van der Waals surface area contributed by atoms with Gasteiger partial charge in [0.25, 0.3) is 10.0 Å². The van der Waals surface area contributed by atoms with E-state index >= 15 is 0 Å². The van der Waals surface area contributed by atoms with Crippen molar-refractivity contribution in [2.75, 3.05) is 23.7 Å². The zero-order valence-electron chi connectivity index (χ0n) is 21.9. The SMILES string of the molecule is COC(C)(C)CNC(=O)[C@@H](Cc1ccccc1)NC(=O)Nc1ccc(NS(=O)(=O)c2ccc(C)cc2)cc1. The molecular formula is C28H34N4O5S. The molecule has 3 rings (SSSR count). The fourth-order valence-corrected chi connectivity index (χ4v) is 4.49. The first kappa shape index (κ1) is 28.7. The number of carbonyl (C=O) groups excluding carboxylic acids is 2. The molecule has 0 heterocycles. The maximum atomic E-state index is 12.9. The van der Waals surface area contributed by atoms with Gasteiger partial charge in [-0.05, 0) is 62.7 Å². The van der Waals surface area contributed by atoms with Crippen LogP contribution in [-0.4, -0.2) is 45.7 Å². The molecule has 0 unspecified atom stereocenters. The summed E-state index contributed by atoms with van der Waals surface area (Å²) in [7, 11) is -2.17. The molecule has 0 aliphatic rings. The molecule has 0 aliphatic heterocycles. The van der Waals surface area contributed by atoms with E-state index in [0.717, 1.165) is 11.1 Å². The third-order valence-electron chi connectivity index (χ3n) is 5.87. The lowest BCUT2D eigenvalue weighted by Gasteiger charge is -2.25. The van der Waals surface area contributed by atoms with Crippen molar-refractivity contribution in [2.45, 2.75) is 43.7 Å². The number of hydrogen-bond donors (Lipinski definition) is 4. The number of amides is 3. The van der Waals surface area contributed by atoms with Crippen molar-refractivity contribution in [3.8, 4) is 0 Å². The first-order chi connectivity index (χ1) is 18.0. The second-order valence-corrected chi connectivity index (χ2v) is 11.2. The average molecular weight is 539 g/mol. The van der Waals surface area contributed by atoms with Crippen molar-refractivity contribution < 1.29 is 22.7 Å². The Morgan fingerprint density at radius 2 is 1.50 bits per heavy atom. The topological polar surface area (TPSA) is 126 Å². The van der Waals surface area contributed by atoms with E-state index in [9.17, 15) is 18.0 Å². The van der Waals surface area contributed by atoms with E-state index in [0.29, 0.717) is 17.8 Å². The first-order valence-electron chi connectivity index (χ1n) is 12.1. The molecule has 0 saturated heterocycles. The van der Waals surface area contributed by atoms with Crippen LogP contribution in [0.15, 0.2) is 83.8 Å². The summed E-state index contributed by atoms with van der Waals surface area (Å²) in [6, 6.07) is 20.7. The number of rotatable bonds is 11. The van der Waals surface area contributed by atoms with Gasteiger partial charge in [-0.25, -0.2) is 13.2 Å². The summed E-state index contributed by atoms with van der Waals surface area (Å²) in [4.78, 5) is 25.9. The molecule has 3 amide bonds. The normalized spacial score (nSPS) is 12.3. The van der Waals surface area contributed by atoms with E-state index in [1.54, 1.807) is 43.5 Å². The Kier molecular flexibility index (Phi) is 9.49. The molecule has 0 fully saturated rings. The highest BCUT2D eigenvalue weighted by molar-refractivity contribution is 7.92. The number of urea groups is 1. The lowest BCUT2D eigenvalue weighted by molar-refractivity contribution is -0.124. The zero-order valence-corrected chi connectivity index (χ0v) is 22.8. The monoisotopic (exact) mass is 538 g/mol. The summed E-state index contributed by atoms with van der Waals surface area (Å²) < 4.78 is 33.1. The summed E-state index contributed by atoms with van der Waals surface area (Å²) in [5, 5.41) is 8.26. The van der Waals surface area contributed by atoms with Crippen molar-refractivity contribution in [1.29, 1.82) is 0 Å². The number of nitrogens with one attached hydrogen (secondary N) is 4. The third kappa shape index (κ3) is 8.60. The minimum absolute atomic E-state index is 0.154. The summed E-state index contributed by atoms with van der Waals surface area (Å²) in [6.45, 7) is 5.86. The van der Waals surface area contributed by atoms with Crippen molar-refractivity contribution in [3.63, 3.8) is 0 Å². The highest BCUT2D eigenvalue weighted by Gasteiger charge is 2.24. The minimum atomic E-state index is -3.74. The molecule has 38 heavy (non-hydrogen) atoms. The lowest BCUT2D eigenvalue weighted by atomic mass is 10.0. The summed E-state index contributed by atoms with van der Waals surface area (Å²) >= 11 is 0. The van der Waals surface area contributed by atoms with E-state index < -0.39 is 27.7 Å². The van der Waals surface area contributed by atoms with Gasteiger partial charge in [0, 0.05) is 31.5 Å². The van der Waals surface area contributed by atoms with Gasteiger partial charge in [0.1, 0.15) is 6.04 Å². The van der Waals surface area contributed by atoms with Crippen LogP contribution < -0.4 is 20.7 Å². The van der Waals surface area contributed by atoms with Gasteiger partial charge in [-0.2, -0.15) is 0 Å². The molecule has 4 N–H and O–H groups in total. The van der Waals surface area contributed by atoms with Crippen LogP contribution in [0.5, 0.6) is 0 Å². The Morgan fingerprint density at radius 1 is 0.895 bits per heavy atom. The molecular weight excluding hydrogens is 504 g/mol. The summed E-state index contributed by atoms with van der Waals surface area (Å²) in [6.07, 6.45) is 0.299. The van der Waals surface area contributed by atoms with Gasteiger partial charge in [0.15, 0.2) is 0 Å². The maximum absolute atomic E-state index is 12.9. The number of methoxy groups -OCH3 is 1. The van der Waals surface area contributed by atoms with Crippen molar-refractivity contribution in [2.24, 2.45) is 0 Å². The van der Waals surface area contributed by atoms with Gasteiger partial charge < -0.3 is 20.7 Å². The van der Waals surface area contributed by atoms with E-state index in [2.05, 4.69) is 20.7 Å². The highest BCUT2D eigenvalue weighted by Crippen LogP contribution is 2.19. The fraction of sp³-hybridized carbons (Fsp3) is 0.286. The number of ether oxygens (including phenoxy) is 1. The molecule has 9 nitrogen and oxygen atoms in total. The van der Waals surface area contributed by atoms with Crippen LogP contribution in [0.25, 0.3) is 0 Å². The Morgan fingerprint density at radius 3 is 2.11 bits per heavy atom. The average Bonchev–Trinajstić information content (AvgIpc) is 2.89. The van der Waals surface area contributed by atoms with Crippen LogP contribution >= 0.6 is 0 Å². The molecule has 0 aliphatic carbocycles. The van der Waals surface area contributed by atoms with Gasteiger partial charge in [-0.3, -0.25) is 9.52 Å². The van der Waals surface area contributed by atoms with Gasteiger partial charge in [-0.1, -0.05) is 48.0 Å². The van der Waals surface area contributed by atoms with E-state index in [1.165, 1.54) is 12.1 Å². The molecule has 0 aromatic heterocycles. The summed E-state index contributed by atoms with van der Waals surface area (Å²) in [5.41, 5.74) is 2.07. The Hall–Kier alpha value is -3.89. The number of carbonyl (C=O) groups is 2. The second-order valence-electron chi connectivity index (χ2n) is 9.52. The second kappa shape index (κ2) is 12.6. The molecule has 10 heteroatoms. The van der Waals surface area contributed by atoms with Crippen molar-refractivity contribution >= 4 is 33.3 Å². The number of aryl methyl sites for hydroxylation is 1. The largest absolute Gasteiger partial charge is 0.377 e. The molecule has 0 radical (unpaired) electrons. The molecule has 202 valence electrons. The Labute approximate surface area is 224 Å². The van der Waals surface area contributed by atoms with E-state index in [-0.39, 0.29) is 17.3 Å². The Bertz CT molecular complexity index is 1330. The molecule has 3 aromatic rings. The zero-order chi connectivity index (χ0) is 27.8. The van der Waals surface area contributed by atoms with Crippen LogP contribution in [0.4, 0.5) is 16.2 Å². The van der Waals surface area contributed by atoms with Crippen LogP contribution in [0, 0.1) is 6.92 Å². The predicted molar refractivity (Wildman–Crippen MR) is 149 cm³/mol. The van der Waals surface area contributed by atoms with E-state index in [1.807, 2.05) is 51.1 Å². The molecule has 3 aromatic carbocycles. The molecule has 0 bridgehead atoms. The van der Waals surface area contributed by atoms with Crippen LogP contribution in [-0.2, 0) is 26.0 Å². The molecule has 0 saturated carbocycles. The summed E-state index contributed by atoms with van der Waals surface area (Å²) in [5.74, 6) is -0.338. The highest BCUT2D eigenvalue weighted by atomic mass is 32.2. The van der Waals surface area contributed by atoms with Crippen LogP contribution in [0.1, 0.15) is 25.0 Å². The van der Waals surface area contributed by atoms with Crippen LogP contribution in [0.2, 0.25) is 0 Å². The number of sulfonamides is 1. The lowest BCUT2D eigenvalue weighted by Crippen LogP contribution is -2.52. The number of anilines is 2. The van der Waals surface area contributed by atoms with Gasteiger partial charge in [-0.15, -0.1) is 0 Å². The minimum Gasteiger partial charge on any atom is -0.377 e. The quantitative estimate of drug-likeness (QED) is 0.293. The Balaban J connectivity index is 1.64. The van der Waals surface area contributed by atoms with Crippen LogP contribution in [0.3, 0.4) is 0 Å². The molecule has 1 atom stereocenters. The third-order valence-corrected chi connectivity index (χ3v) is 7.27. The van der Waals surface area contributed by atoms with Crippen molar-refractivity contribution in [1.82, 2.24) is 10.6 Å².